The molecule has 2 aliphatic rings. The van der Waals surface area contributed by atoms with Crippen LogP contribution in [0.2, 0.25) is 0 Å². The van der Waals surface area contributed by atoms with E-state index in [0.29, 0.717) is 11.8 Å². The number of carbonyl (C=O) groups is 1. The van der Waals surface area contributed by atoms with Crippen molar-refractivity contribution in [3.63, 3.8) is 0 Å². The van der Waals surface area contributed by atoms with Crippen molar-refractivity contribution in [1.82, 2.24) is 0 Å². The van der Waals surface area contributed by atoms with Crippen LogP contribution in [-0.4, -0.2) is 11.9 Å². The Bertz CT molecular complexity index is 518. The zero-order valence-electron chi connectivity index (χ0n) is 10.4. The summed E-state index contributed by atoms with van der Waals surface area (Å²) in [6.45, 7) is 0. The van der Waals surface area contributed by atoms with Gasteiger partial charge in [-0.15, -0.1) is 0 Å². The Morgan fingerprint density at radius 2 is 1.95 bits per heavy atom. The van der Waals surface area contributed by atoms with E-state index in [1.54, 1.807) is 0 Å². The van der Waals surface area contributed by atoms with E-state index in [1.165, 1.54) is 6.07 Å². The standard InChI is InChI=1S/C14H16F2N2O/c15-10-4-3-9(6-11(10)16)18-14(19)12-7-1-2-8(5-7)13(12)17/h3-4,6-8,12-13H,1-2,5,17H2,(H,18,19). The number of nitrogens with two attached hydrogens (primary N) is 1. The van der Waals surface area contributed by atoms with Crippen LogP contribution in [0.1, 0.15) is 19.3 Å². The second-order valence-electron chi connectivity index (χ2n) is 5.55. The van der Waals surface area contributed by atoms with E-state index in [-0.39, 0.29) is 23.6 Å². The molecule has 0 spiro atoms. The lowest BCUT2D eigenvalue weighted by molar-refractivity contribution is -0.121. The number of rotatable bonds is 2. The minimum Gasteiger partial charge on any atom is -0.327 e. The summed E-state index contributed by atoms with van der Waals surface area (Å²) < 4.78 is 25.9. The van der Waals surface area contributed by atoms with E-state index in [9.17, 15) is 13.6 Å². The summed E-state index contributed by atoms with van der Waals surface area (Å²) in [5.74, 6) is -1.49. The normalized spacial score (nSPS) is 32.6. The highest BCUT2D eigenvalue weighted by molar-refractivity contribution is 5.93. The minimum atomic E-state index is -0.963. The third-order valence-electron chi connectivity index (χ3n) is 4.47. The topological polar surface area (TPSA) is 55.1 Å². The number of carbonyl (C=O) groups excluding carboxylic acids is 1. The van der Waals surface area contributed by atoms with Crippen LogP contribution in [0.25, 0.3) is 0 Å². The van der Waals surface area contributed by atoms with Gasteiger partial charge < -0.3 is 11.1 Å². The molecule has 102 valence electrons. The molecular weight excluding hydrogens is 250 g/mol. The molecule has 2 saturated carbocycles. The molecule has 19 heavy (non-hydrogen) atoms. The lowest BCUT2D eigenvalue weighted by Gasteiger charge is -2.27. The van der Waals surface area contributed by atoms with Crippen molar-refractivity contribution < 1.29 is 13.6 Å². The van der Waals surface area contributed by atoms with Gasteiger partial charge in [0.2, 0.25) is 5.91 Å². The molecule has 1 aromatic rings. The van der Waals surface area contributed by atoms with E-state index in [0.717, 1.165) is 31.4 Å². The molecule has 0 radical (unpaired) electrons. The van der Waals surface area contributed by atoms with Crippen LogP contribution in [0.3, 0.4) is 0 Å². The van der Waals surface area contributed by atoms with Gasteiger partial charge in [0.1, 0.15) is 0 Å². The van der Waals surface area contributed by atoms with Gasteiger partial charge in [0.25, 0.3) is 0 Å². The van der Waals surface area contributed by atoms with Crippen LogP contribution in [-0.2, 0) is 4.79 Å². The van der Waals surface area contributed by atoms with Gasteiger partial charge in [-0.2, -0.15) is 0 Å². The molecular formula is C14H16F2N2O. The van der Waals surface area contributed by atoms with Crippen molar-refractivity contribution in [3.05, 3.63) is 29.8 Å². The number of amides is 1. The molecule has 5 heteroatoms. The first-order valence-electron chi connectivity index (χ1n) is 6.58. The van der Waals surface area contributed by atoms with Crippen molar-refractivity contribution in [3.8, 4) is 0 Å². The van der Waals surface area contributed by atoms with E-state index in [2.05, 4.69) is 5.32 Å². The van der Waals surface area contributed by atoms with Gasteiger partial charge >= 0.3 is 0 Å². The molecule has 1 aromatic carbocycles. The second-order valence-corrected chi connectivity index (χ2v) is 5.55. The molecule has 2 aliphatic carbocycles. The third-order valence-corrected chi connectivity index (χ3v) is 4.47. The smallest absolute Gasteiger partial charge is 0.229 e. The lowest BCUT2D eigenvalue weighted by Crippen LogP contribution is -2.42. The number of anilines is 1. The third kappa shape index (κ3) is 2.12. The van der Waals surface area contributed by atoms with Crippen LogP contribution < -0.4 is 11.1 Å². The zero-order valence-corrected chi connectivity index (χ0v) is 10.4. The molecule has 4 atom stereocenters. The summed E-state index contributed by atoms with van der Waals surface area (Å²) >= 11 is 0. The van der Waals surface area contributed by atoms with Gasteiger partial charge in [-0.25, -0.2) is 8.78 Å². The molecule has 3 rings (SSSR count). The number of fused-ring (bicyclic) bond motifs is 2. The zero-order chi connectivity index (χ0) is 13.6. The molecule has 0 saturated heterocycles. The van der Waals surface area contributed by atoms with E-state index in [4.69, 9.17) is 5.73 Å². The van der Waals surface area contributed by atoms with Crippen LogP contribution in [0.4, 0.5) is 14.5 Å². The minimum absolute atomic E-state index is 0.107. The van der Waals surface area contributed by atoms with Gasteiger partial charge in [0, 0.05) is 17.8 Å². The highest BCUT2D eigenvalue weighted by Gasteiger charge is 2.49. The Hall–Kier alpha value is -1.49. The van der Waals surface area contributed by atoms with Gasteiger partial charge in [-0.3, -0.25) is 4.79 Å². The molecule has 2 bridgehead atoms. The van der Waals surface area contributed by atoms with Crippen LogP contribution in [0.5, 0.6) is 0 Å². The summed E-state index contributed by atoms with van der Waals surface area (Å²) in [5, 5.41) is 2.64. The maximum absolute atomic E-state index is 13.1. The molecule has 0 aliphatic heterocycles. The quantitative estimate of drug-likeness (QED) is 0.862. The van der Waals surface area contributed by atoms with Crippen molar-refractivity contribution in [2.75, 3.05) is 5.32 Å². The predicted octanol–water partition coefficient (Wildman–Crippen LogP) is 2.28. The fraction of sp³-hybridized carbons (Fsp3) is 0.500. The monoisotopic (exact) mass is 266 g/mol. The summed E-state index contributed by atoms with van der Waals surface area (Å²) in [7, 11) is 0. The molecule has 1 amide bonds. The largest absolute Gasteiger partial charge is 0.327 e. The summed E-state index contributed by atoms with van der Waals surface area (Å²) in [6.07, 6.45) is 3.14. The molecule has 3 N–H and O–H groups in total. The number of nitrogens with one attached hydrogen (secondary N) is 1. The number of hydrogen-bond acceptors (Lipinski definition) is 2. The Morgan fingerprint density at radius 3 is 2.58 bits per heavy atom. The summed E-state index contributed by atoms with van der Waals surface area (Å²) in [5.41, 5.74) is 6.35. The second kappa shape index (κ2) is 4.56. The number of benzene rings is 1. The predicted molar refractivity (Wildman–Crippen MR) is 67.3 cm³/mol. The van der Waals surface area contributed by atoms with Gasteiger partial charge in [-0.05, 0) is 43.2 Å². The highest BCUT2D eigenvalue weighted by atomic mass is 19.2. The van der Waals surface area contributed by atoms with Crippen molar-refractivity contribution in [1.29, 1.82) is 0 Å². The molecule has 2 fully saturated rings. The summed E-state index contributed by atoms with van der Waals surface area (Å²) in [4.78, 5) is 12.2. The molecule has 0 aromatic heterocycles. The van der Waals surface area contributed by atoms with Gasteiger partial charge in [-0.1, -0.05) is 0 Å². The van der Waals surface area contributed by atoms with Crippen LogP contribution in [0, 0.1) is 29.4 Å². The number of hydrogen-bond donors (Lipinski definition) is 2. The first-order chi connectivity index (χ1) is 9.06. The number of halogens is 2. The first kappa shape index (κ1) is 12.5. The summed E-state index contributed by atoms with van der Waals surface area (Å²) in [6, 6.07) is 3.25. The Balaban J connectivity index is 1.73. The van der Waals surface area contributed by atoms with E-state index < -0.39 is 11.6 Å². The van der Waals surface area contributed by atoms with Crippen molar-refractivity contribution in [2.24, 2.45) is 23.5 Å². The SMILES string of the molecule is NC1C2CCC(C2)C1C(=O)Nc1ccc(F)c(F)c1. The highest BCUT2D eigenvalue weighted by Crippen LogP contribution is 2.47. The Kier molecular flexibility index (Phi) is 3.01. The first-order valence-corrected chi connectivity index (χ1v) is 6.58. The average molecular weight is 266 g/mol. The molecule has 4 unspecified atom stereocenters. The molecule has 3 nitrogen and oxygen atoms in total. The van der Waals surface area contributed by atoms with E-state index in [1.807, 2.05) is 0 Å². The lowest BCUT2D eigenvalue weighted by atomic mass is 9.84. The van der Waals surface area contributed by atoms with Crippen molar-refractivity contribution >= 4 is 11.6 Å². The van der Waals surface area contributed by atoms with Gasteiger partial charge in [0.15, 0.2) is 11.6 Å². The average Bonchev–Trinajstić information content (AvgIpc) is 2.94. The molecule has 0 heterocycles. The maximum atomic E-state index is 13.1. The van der Waals surface area contributed by atoms with Crippen LogP contribution in [0.15, 0.2) is 18.2 Å². The van der Waals surface area contributed by atoms with Gasteiger partial charge in [0.05, 0.1) is 5.92 Å². The van der Waals surface area contributed by atoms with Crippen LogP contribution >= 0.6 is 0 Å². The fourth-order valence-corrected chi connectivity index (χ4v) is 3.52. The van der Waals surface area contributed by atoms with Crippen molar-refractivity contribution in [2.45, 2.75) is 25.3 Å². The fourth-order valence-electron chi connectivity index (χ4n) is 3.52. The Morgan fingerprint density at radius 1 is 1.21 bits per heavy atom. The maximum Gasteiger partial charge on any atom is 0.229 e. The van der Waals surface area contributed by atoms with E-state index >= 15 is 0 Å². The Labute approximate surface area is 110 Å².